The van der Waals surface area contributed by atoms with Crippen LogP contribution in [0, 0.1) is 0 Å². The Labute approximate surface area is 148 Å². The van der Waals surface area contributed by atoms with Crippen LogP contribution in [0.5, 0.6) is 0 Å². The minimum atomic E-state index is -0.275. The van der Waals surface area contributed by atoms with Gasteiger partial charge in [-0.1, -0.05) is 12.1 Å². The highest BCUT2D eigenvalue weighted by atomic mass is 35.5. The summed E-state index contributed by atoms with van der Waals surface area (Å²) in [5.74, 6) is -0.759. The maximum Gasteiger partial charge on any atom is 0.239 e. The van der Waals surface area contributed by atoms with E-state index in [4.69, 9.17) is 23.2 Å². The number of rotatable bonds is 4. The lowest BCUT2D eigenvalue weighted by atomic mass is 10.1. The molecule has 0 aliphatic carbocycles. The first-order chi connectivity index (χ1) is 11.6. The first-order valence-corrected chi connectivity index (χ1v) is 8.22. The Morgan fingerprint density at radius 3 is 1.67 bits per heavy atom. The van der Waals surface area contributed by atoms with Crippen molar-refractivity contribution in [3.63, 3.8) is 0 Å². The van der Waals surface area contributed by atoms with Crippen LogP contribution >= 0.6 is 23.2 Å². The Bertz CT molecular complexity index is 871. The van der Waals surface area contributed by atoms with Crippen molar-refractivity contribution in [2.45, 2.75) is 0 Å². The molecule has 0 atom stereocenters. The van der Waals surface area contributed by atoms with E-state index < -0.39 is 0 Å². The van der Waals surface area contributed by atoms with E-state index in [2.05, 4.69) is 15.6 Å². The average molecular weight is 362 g/mol. The van der Waals surface area contributed by atoms with Crippen molar-refractivity contribution in [3.05, 3.63) is 42.5 Å². The second kappa shape index (κ2) is 7.03. The largest absolute Gasteiger partial charge is 0.325 e. The lowest BCUT2D eigenvalue weighted by Crippen LogP contribution is -2.12. The van der Waals surface area contributed by atoms with E-state index in [1.54, 1.807) is 24.3 Å². The number of hydrogen-bond acceptors (Lipinski definition) is 3. The highest BCUT2D eigenvalue weighted by Gasteiger charge is 2.06. The molecule has 1 heterocycles. The van der Waals surface area contributed by atoms with Gasteiger partial charge in [0.1, 0.15) is 11.8 Å². The number of benzene rings is 2. The second-order valence-corrected chi connectivity index (χ2v) is 5.70. The van der Waals surface area contributed by atoms with E-state index in [-0.39, 0.29) is 23.6 Å². The van der Waals surface area contributed by atoms with E-state index in [0.29, 0.717) is 11.4 Å². The zero-order chi connectivity index (χ0) is 17.1. The van der Waals surface area contributed by atoms with Gasteiger partial charge in [0.15, 0.2) is 0 Å². The predicted octanol–water partition coefficient (Wildman–Crippen LogP) is 3.74. The molecule has 24 heavy (non-hydrogen) atoms. The molecule has 0 saturated carbocycles. The number of carbonyl (C=O) groups is 2. The summed E-state index contributed by atoms with van der Waals surface area (Å²) in [6.45, 7) is 0. The quantitative estimate of drug-likeness (QED) is 0.549. The van der Waals surface area contributed by atoms with Gasteiger partial charge in [-0.2, -0.15) is 0 Å². The molecule has 0 aliphatic heterocycles. The lowest BCUT2D eigenvalue weighted by Gasteiger charge is -2.08. The molecule has 2 aromatic carbocycles. The summed E-state index contributed by atoms with van der Waals surface area (Å²) in [5.41, 5.74) is 2.73. The standard InChI is InChI=1S/C17H13Cl2N3O2/c18-8-16(23)20-12-3-1-10-5-11-2-4-13(21-17(24)9-19)7-15(11)22-14(10)6-12/h1-7H,8-9H2,(H,20,23)(H,21,24). The highest BCUT2D eigenvalue weighted by molar-refractivity contribution is 6.29. The van der Waals surface area contributed by atoms with Crippen LogP contribution in [-0.2, 0) is 9.59 Å². The molecule has 122 valence electrons. The van der Waals surface area contributed by atoms with Crippen molar-refractivity contribution >= 4 is 68.2 Å². The molecule has 0 aliphatic rings. The number of nitrogens with one attached hydrogen (secondary N) is 2. The third-order valence-electron chi connectivity index (χ3n) is 3.42. The summed E-state index contributed by atoms with van der Waals surface area (Å²) >= 11 is 11.0. The zero-order valence-electron chi connectivity index (χ0n) is 12.5. The van der Waals surface area contributed by atoms with Gasteiger partial charge in [-0.25, -0.2) is 4.98 Å². The van der Waals surface area contributed by atoms with E-state index in [1.165, 1.54) is 0 Å². The van der Waals surface area contributed by atoms with Gasteiger partial charge in [0.05, 0.1) is 11.0 Å². The molecule has 0 unspecified atom stereocenters. The Balaban J connectivity index is 2.01. The molecule has 5 nitrogen and oxygen atoms in total. The first kappa shape index (κ1) is 16.5. The fraction of sp³-hybridized carbons (Fsp3) is 0.118. The summed E-state index contributed by atoms with van der Waals surface area (Å²) in [5, 5.41) is 7.28. The molecule has 3 rings (SSSR count). The number of pyridine rings is 1. The molecular weight excluding hydrogens is 349 g/mol. The van der Waals surface area contributed by atoms with Crippen LogP contribution in [0.2, 0.25) is 0 Å². The predicted molar refractivity (Wildman–Crippen MR) is 97.9 cm³/mol. The average Bonchev–Trinajstić information content (AvgIpc) is 2.59. The summed E-state index contributed by atoms with van der Waals surface area (Å²) in [6.07, 6.45) is 0. The number of halogens is 2. The van der Waals surface area contributed by atoms with Crippen LogP contribution in [0.15, 0.2) is 42.5 Å². The topological polar surface area (TPSA) is 71.1 Å². The molecule has 2 amide bonds. The minimum Gasteiger partial charge on any atom is -0.325 e. The van der Waals surface area contributed by atoms with Crippen LogP contribution in [-0.4, -0.2) is 28.6 Å². The molecular formula is C17H13Cl2N3O2. The van der Waals surface area contributed by atoms with Gasteiger partial charge >= 0.3 is 0 Å². The van der Waals surface area contributed by atoms with E-state index in [0.717, 1.165) is 21.8 Å². The number of aromatic nitrogens is 1. The first-order valence-electron chi connectivity index (χ1n) is 7.15. The Morgan fingerprint density at radius 1 is 0.792 bits per heavy atom. The normalized spacial score (nSPS) is 10.8. The zero-order valence-corrected chi connectivity index (χ0v) is 14.0. The molecule has 0 fully saturated rings. The van der Waals surface area contributed by atoms with Crippen LogP contribution < -0.4 is 10.6 Å². The van der Waals surface area contributed by atoms with Gasteiger partial charge < -0.3 is 10.6 Å². The molecule has 7 heteroatoms. The molecule has 2 N–H and O–H groups in total. The number of fused-ring (bicyclic) bond motifs is 2. The van der Waals surface area contributed by atoms with Crippen LogP contribution in [0.4, 0.5) is 11.4 Å². The molecule has 0 saturated heterocycles. The third kappa shape index (κ3) is 3.58. The van der Waals surface area contributed by atoms with Crippen molar-refractivity contribution in [1.29, 1.82) is 0 Å². The number of carbonyl (C=O) groups excluding carboxylic acids is 2. The third-order valence-corrected chi connectivity index (χ3v) is 3.91. The van der Waals surface area contributed by atoms with Crippen molar-refractivity contribution in [2.75, 3.05) is 22.4 Å². The van der Waals surface area contributed by atoms with E-state index in [1.807, 2.05) is 18.2 Å². The smallest absolute Gasteiger partial charge is 0.239 e. The second-order valence-electron chi connectivity index (χ2n) is 5.17. The van der Waals surface area contributed by atoms with Gasteiger partial charge in [0.25, 0.3) is 0 Å². The van der Waals surface area contributed by atoms with Gasteiger partial charge in [-0.15, -0.1) is 23.2 Å². The number of amides is 2. The summed E-state index contributed by atoms with van der Waals surface area (Å²) in [7, 11) is 0. The van der Waals surface area contributed by atoms with Gasteiger partial charge in [0, 0.05) is 22.1 Å². The Morgan fingerprint density at radius 2 is 1.25 bits per heavy atom. The molecule has 0 bridgehead atoms. The van der Waals surface area contributed by atoms with Crippen LogP contribution in [0.25, 0.3) is 21.8 Å². The van der Waals surface area contributed by atoms with Crippen molar-refractivity contribution in [3.8, 4) is 0 Å². The Kier molecular flexibility index (Phi) is 4.83. The SMILES string of the molecule is O=C(CCl)Nc1ccc2cc3ccc(NC(=O)CCl)cc3nc2c1. The molecule has 1 aromatic heterocycles. The van der Waals surface area contributed by atoms with E-state index in [9.17, 15) is 9.59 Å². The van der Waals surface area contributed by atoms with Crippen molar-refractivity contribution in [2.24, 2.45) is 0 Å². The summed E-state index contributed by atoms with van der Waals surface area (Å²) in [6, 6.07) is 12.9. The number of anilines is 2. The van der Waals surface area contributed by atoms with Gasteiger partial charge in [-0.05, 0) is 30.3 Å². The number of alkyl halides is 2. The molecule has 3 aromatic rings. The minimum absolute atomic E-state index is 0.104. The fourth-order valence-corrected chi connectivity index (χ4v) is 2.50. The lowest BCUT2D eigenvalue weighted by molar-refractivity contribution is -0.114. The Hall–Kier alpha value is -2.37. The van der Waals surface area contributed by atoms with Gasteiger partial charge in [-0.3, -0.25) is 9.59 Å². The van der Waals surface area contributed by atoms with Crippen molar-refractivity contribution < 1.29 is 9.59 Å². The molecule has 0 spiro atoms. The molecule has 0 radical (unpaired) electrons. The maximum absolute atomic E-state index is 11.4. The number of hydrogen-bond donors (Lipinski definition) is 2. The summed E-state index contributed by atoms with van der Waals surface area (Å²) in [4.78, 5) is 27.4. The van der Waals surface area contributed by atoms with Crippen LogP contribution in [0.1, 0.15) is 0 Å². The van der Waals surface area contributed by atoms with E-state index >= 15 is 0 Å². The monoisotopic (exact) mass is 361 g/mol. The number of nitrogens with zero attached hydrogens (tertiary/aromatic N) is 1. The van der Waals surface area contributed by atoms with Gasteiger partial charge in [0.2, 0.25) is 11.8 Å². The fourth-order valence-electron chi connectivity index (χ4n) is 2.37. The van der Waals surface area contributed by atoms with Crippen molar-refractivity contribution in [1.82, 2.24) is 4.98 Å². The van der Waals surface area contributed by atoms with Crippen LogP contribution in [0.3, 0.4) is 0 Å². The maximum atomic E-state index is 11.4. The highest BCUT2D eigenvalue weighted by Crippen LogP contribution is 2.24. The summed E-state index contributed by atoms with van der Waals surface area (Å²) < 4.78 is 0.